The number of hydrogen-bond donors (Lipinski definition) is 1. The molecule has 0 aliphatic carbocycles. The molecule has 1 aromatic rings. The maximum absolute atomic E-state index is 12.7. The van der Waals surface area contributed by atoms with E-state index in [9.17, 15) is 27.7 Å². The number of hydrogen-bond acceptors (Lipinski definition) is 3. The first-order chi connectivity index (χ1) is 8.25. The van der Waals surface area contributed by atoms with Crippen molar-refractivity contribution >= 4 is 11.4 Å². The number of nitrogens with zero attached hydrogens (tertiary/aromatic N) is 1. The Labute approximate surface area is 99.8 Å². The van der Waals surface area contributed by atoms with Crippen LogP contribution in [0.25, 0.3) is 0 Å². The molecular weight excluding hydrogens is 256 g/mol. The monoisotopic (exact) mass is 266 g/mol. The van der Waals surface area contributed by atoms with Crippen molar-refractivity contribution in [1.29, 1.82) is 0 Å². The van der Waals surface area contributed by atoms with Crippen LogP contribution in [0, 0.1) is 17.0 Å². The Kier molecular flexibility index (Phi) is 4.10. The Morgan fingerprint density at radius 1 is 1.44 bits per heavy atom. The number of para-hydroxylation sites is 1. The maximum Gasteiger partial charge on any atom is 0.324 e. The topological polar surface area (TPSA) is 55.2 Å². The summed E-state index contributed by atoms with van der Waals surface area (Å²) < 4.78 is 49.2. The van der Waals surface area contributed by atoms with Crippen molar-refractivity contribution < 1.29 is 22.5 Å². The van der Waals surface area contributed by atoms with Gasteiger partial charge in [-0.1, -0.05) is 12.1 Å². The van der Waals surface area contributed by atoms with Crippen LogP contribution in [-0.2, 0) is 0 Å². The highest BCUT2D eigenvalue weighted by Gasteiger charge is 2.40. The van der Waals surface area contributed by atoms with Gasteiger partial charge in [-0.25, -0.2) is 8.78 Å². The van der Waals surface area contributed by atoms with Gasteiger partial charge in [0, 0.05) is 5.56 Å². The van der Waals surface area contributed by atoms with Crippen LogP contribution in [0.5, 0.6) is 0 Å². The molecule has 1 rings (SSSR count). The molecular formula is C10H10F4N2O2. The molecule has 0 aliphatic rings. The van der Waals surface area contributed by atoms with Gasteiger partial charge in [-0.3, -0.25) is 10.1 Å². The molecule has 0 bridgehead atoms. The molecule has 8 heteroatoms. The van der Waals surface area contributed by atoms with Gasteiger partial charge in [-0.2, -0.15) is 8.78 Å². The Morgan fingerprint density at radius 3 is 2.56 bits per heavy atom. The summed E-state index contributed by atoms with van der Waals surface area (Å²) in [7, 11) is 0. The summed E-state index contributed by atoms with van der Waals surface area (Å²) in [6, 6.07) is 4.02. The summed E-state index contributed by atoms with van der Waals surface area (Å²) >= 11 is 0. The van der Waals surface area contributed by atoms with Gasteiger partial charge in [0.25, 0.3) is 5.69 Å². The molecule has 0 fully saturated rings. The minimum atomic E-state index is -4.24. The van der Waals surface area contributed by atoms with E-state index in [-0.39, 0.29) is 11.3 Å². The molecule has 100 valence electrons. The van der Waals surface area contributed by atoms with E-state index in [4.69, 9.17) is 0 Å². The second kappa shape index (κ2) is 5.19. The average Bonchev–Trinajstić information content (AvgIpc) is 2.25. The lowest BCUT2D eigenvalue weighted by atomic mass is 10.1. The highest BCUT2D eigenvalue weighted by atomic mass is 19.3. The largest absolute Gasteiger partial charge is 0.373 e. The first-order valence-corrected chi connectivity index (χ1v) is 4.89. The van der Waals surface area contributed by atoms with Crippen molar-refractivity contribution in [1.82, 2.24) is 0 Å². The van der Waals surface area contributed by atoms with E-state index in [1.807, 2.05) is 5.32 Å². The lowest BCUT2D eigenvalue weighted by Gasteiger charge is -2.16. The molecule has 4 nitrogen and oxygen atoms in total. The molecule has 0 spiro atoms. The molecule has 0 heterocycles. The summed E-state index contributed by atoms with van der Waals surface area (Å²) in [6.45, 7) is 0.0591. The van der Waals surface area contributed by atoms with Gasteiger partial charge in [0.2, 0.25) is 0 Å². The number of nitrogens with one attached hydrogen (secondary N) is 1. The van der Waals surface area contributed by atoms with Gasteiger partial charge >= 0.3 is 12.3 Å². The number of aryl methyl sites for hydroxylation is 1. The zero-order chi connectivity index (χ0) is 13.9. The van der Waals surface area contributed by atoms with Gasteiger partial charge < -0.3 is 5.32 Å². The van der Waals surface area contributed by atoms with Gasteiger partial charge in [0.1, 0.15) is 5.69 Å². The maximum atomic E-state index is 12.7. The summed E-state index contributed by atoms with van der Waals surface area (Å²) in [6.07, 6.45) is -3.83. The van der Waals surface area contributed by atoms with Crippen LogP contribution in [0.3, 0.4) is 0 Å². The number of nitro groups is 1. The van der Waals surface area contributed by atoms with E-state index in [0.29, 0.717) is 0 Å². The SMILES string of the molecule is Cc1cccc(NCC(F)(F)C(F)F)c1[N+](=O)[O-]. The van der Waals surface area contributed by atoms with Gasteiger partial charge in [-0.05, 0) is 13.0 Å². The summed E-state index contributed by atoms with van der Waals surface area (Å²) in [5.74, 6) is -4.24. The van der Waals surface area contributed by atoms with E-state index in [1.165, 1.54) is 25.1 Å². The highest BCUT2D eigenvalue weighted by Crippen LogP contribution is 2.30. The number of halogens is 4. The van der Waals surface area contributed by atoms with E-state index in [2.05, 4.69) is 0 Å². The van der Waals surface area contributed by atoms with Crippen LogP contribution >= 0.6 is 0 Å². The van der Waals surface area contributed by atoms with Crippen LogP contribution in [0.2, 0.25) is 0 Å². The summed E-state index contributed by atoms with van der Waals surface area (Å²) in [5, 5.41) is 12.7. The summed E-state index contributed by atoms with van der Waals surface area (Å²) in [5.41, 5.74) is -0.353. The summed E-state index contributed by atoms with van der Waals surface area (Å²) in [4.78, 5) is 9.98. The standard InChI is InChI=1S/C10H10F4N2O2/c1-6-3-2-4-7(8(6)16(17)18)15-5-10(13,14)9(11)12/h2-4,9,15H,5H2,1H3. The fourth-order valence-electron chi connectivity index (χ4n) is 1.33. The zero-order valence-electron chi connectivity index (χ0n) is 9.29. The molecule has 0 aromatic heterocycles. The van der Waals surface area contributed by atoms with Crippen molar-refractivity contribution in [2.75, 3.05) is 11.9 Å². The van der Waals surface area contributed by atoms with Crippen LogP contribution in [0.15, 0.2) is 18.2 Å². The zero-order valence-corrected chi connectivity index (χ0v) is 9.29. The highest BCUT2D eigenvalue weighted by molar-refractivity contribution is 5.65. The molecule has 0 unspecified atom stereocenters. The predicted molar refractivity (Wildman–Crippen MR) is 57.3 cm³/mol. The molecule has 0 saturated carbocycles. The second-order valence-electron chi connectivity index (χ2n) is 3.64. The van der Waals surface area contributed by atoms with Crippen LogP contribution in [0.1, 0.15) is 5.56 Å². The van der Waals surface area contributed by atoms with Crippen molar-refractivity contribution in [3.05, 3.63) is 33.9 Å². The Bertz CT molecular complexity index is 452. The van der Waals surface area contributed by atoms with Crippen molar-refractivity contribution in [2.24, 2.45) is 0 Å². The smallest absolute Gasteiger partial charge is 0.324 e. The molecule has 1 aromatic carbocycles. The molecule has 0 atom stereocenters. The van der Waals surface area contributed by atoms with Gasteiger partial charge in [0.05, 0.1) is 11.5 Å². The third-order valence-electron chi connectivity index (χ3n) is 2.25. The van der Waals surface area contributed by atoms with Crippen molar-refractivity contribution in [3.63, 3.8) is 0 Å². The lowest BCUT2D eigenvalue weighted by molar-refractivity contribution is -0.384. The van der Waals surface area contributed by atoms with Gasteiger partial charge in [0.15, 0.2) is 0 Å². The minimum absolute atomic E-state index is 0.208. The minimum Gasteiger partial charge on any atom is -0.373 e. The normalized spacial score (nSPS) is 11.7. The number of anilines is 1. The Balaban J connectivity index is 2.92. The molecule has 0 saturated heterocycles. The number of rotatable bonds is 5. The van der Waals surface area contributed by atoms with Crippen LogP contribution < -0.4 is 5.32 Å². The van der Waals surface area contributed by atoms with Crippen molar-refractivity contribution in [2.45, 2.75) is 19.3 Å². The molecule has 0 radical (unpaired) electrons. The third kappa shape index (κ3) is 3.08. The van der Waals surface area contributed by atoms with Crippen LogP contribution in [0.4, 0.5) is 28.9 Å². The molecule has 0 amide bonds. The second-order valence-corrected chi connectivity index (χ2v) is 3.64. The van der Waals surface area contributed by atoms with E-state index >= 15 is 0 Å². The first kappa shape index (κ1) is 14.2. The van der Waals surface area contributed by atoms with E-state index < -0.39 is 29.5 Å². The quantitative estimate of drug-likeness (QED) is 0.505. The first-order valence-electron chi connectivity index (χ1n) is 4.89. The Morgan fingerprint density at radius 2 is 2.06 bits per heavy atom. The van der Waals surface area contributed by atoms with Crippen LogP contribution in [-0.4, -0.2) is 23.8 Å². The average molecular weight is 266 g/mol. The fourth-order valence-corrected chi connectivity index (χ4v) is 1.33. The Hall–Kier alpha value is -1.86. The fraction of sp³-hybridized carbons (Fsp3) is 0.400. The predicted octanol–water partition coefficient (Wildman–Crippen LogP) is 3.22. The lowest BCUT2D eigenvalue weighted by Crippen LogP contribution is -2.34. The van der Waals surface area contributed by atoms with Gasteiger partial charge in [-0.15, -0.1) is 0 Å². The number of nitro benzene ring substituents is 1. The third-order valence-corrected chi connectivity index (χ3v) is 2.25. The number of benzene rings is 1. The van der Waals surface area contributed by atoms with Crippen molar-refractivity contribution in [3.8, 4) is 0 Å². The molecule has 1 N–H and O–H groups in total. The molecule has 18 heavy (non-hydrogen) atoms. The van der Waals surface area contributed by atoms with E-state index in [0.717, 1.165) is 0 Å². The van der Waals surface area contributed by atoms with E-state index in [1.54, 1.807) is 0 Å². The molecule has 0 aliphatic heterocycles. The number of alkyl halides is 4.